The van der Waals surface area contributed by atoms with Gasteiger partial charge in [-0.3, -0.25) is 18.6 Å². The Kier molecular flexibility index (Phi) is 35.0. The molecule has 9 nitrogen and oxygen atoms in total. The van der Waals surface area contributed by atoms with Gasteiger partial charge in [-0.1, -0.05) is 181 Å². The summed E-state index contributed by atoms with van der Waals surface area (Å²) in [4.78, 5) is 35.3. The maximum absolute atomic E-state index is 12.7. The Hall–Kier alpha value is -0.990. The van der Waals surface area contributed by atoms with Crippen molar-refractivity contribution in [3.8, 4) is 0 Å². The largest absolute Gasteiger partial charge is 0.472 e. The first kappa shape index (κ1) is 51.0. The second kappa shape index (κ2) is 35.7. The summed E-state index contributed by atoms with van der Waals surface area (Å²) in [7, 11) is 1.49. The van der Waals surface area contributed by atoms with Crippen LogP contribution in [0, 0.1) is 0 Å². The molecule has 0 aromatic heterocycles. The lowest BCUT2D eigenvalue weighted by Crippen LogP contribution is -2.37. The quantitative estimate of drug-likeness (QED) is 0.0284. The van der Waals surface area contributed by atoms with Gasteiger partial charge in [0, 0.05) is 12.8 Å². The Morgan fingerprint density at radius 3 is 1.23 bits per heavy atom. The van der Waals surface area contributed by atoms with E-state index >= 15 is 0 Å². The molecule has 0 aliphatic carbocycles. The molecule has 0 bridgehead atoms. The molecule has 0 aliphatic heterocycles. The zero-order valence-corrected chi connectivity index (χ0v) is 35.7. The van der Waals surface area contributed by atoms with Gasteiger partial charge in [-0.2, -0.15) is 0 Å². The highest BCUT2D eigenvalue weighted by Crippen LogP contribution is 2.43. The average molecular weight is 763 g/mol. The third-order valence-corrected chi connectivity index (χ3v) is 10.6. The molecule has 10 heteroatoms. The zero-order valence-electron chi connectivity index (χ0n) is 34.8. The zero-order chi connectivity index (χ0) is 38.6. The van der Waals surface area contributed by atoms with Gasteiger partial charge in [0.2, 0.25) is 0 Å². The number of hydrogen-bond acceptors (Lipinski definition) is 7. The number of phosphoric ester groups is 1. The third-order valence-electron chi connectivity index (χ3n) is 9.64. The topological polar surface area (TPSA) is 108 Å². The summed E-state index contributed by atoms with van der Waals surface area (Å²) in [5.41, 5.74) is 0. The van der Waals surface area contributed by atoms with Crippen molar-refractivity contribution in [2.75, 3.05) is 47.5 Å². The number of esters is 2. The number of quaternary nitrogens is 1. The fourth-order valence-corrected chi connectivity index (χ4v) is 6.93. The van der Waals surface area contributed by atoms with Gasteiger partial charge in [0.05, 0.1) is 27.7 Å². The second-order valence-electron chi connectivity index (χ2n) is 16.1. The fourth-order valence-electron chi connectivity index (χ4n) is 6.19. The van der Waals surface area contributed by atoms with E-state index in [0.29, 0.717) is 17.4 Å². The van der Waals surface area contributed by atoms with Crippen molar-refractivity contribution in [1.82, 2.24) is 0 Å². The first-order valence-corrected chi connectivity index (χ1v) is 23.3. The van der Waals surface area contributed by atoms with E-state index in [1.165, 1.54) is 141 Å². The molecule has 2 atom stereocenters. The molecule has 310 valence electrons. The summed E-state index contributed by atoms with van der Waals surface area (Å²) >= 11 is 0. The molecule has 52 heavy (non-hydrogen) atoms. The number of ether oxygens (including phenoxy) is 2. The molecular formula is C42H85NO8P+. The monoisotopic (exact) mass is 763 g/mol. The number of phosphoric acid groups is 1. The minimum absolute atomic E-state index is 0.0367. The molecule has 0 fully saturated rings. The number of carbonyl (C=O) groups is 2. The standard InChI is InChI=1S/C42H84NO8P/c1-6-8-10-12-14-16-18-20-22-24-26-28-30-32-34-41(44)48-38-40(39-50-52(46,47)49-37-36-43(3,4)5)51-42(45)35-33-31-29-27-25-23-21-19-17-15-13-11-9-7-2/h40H,6-39H2,1-5H3/p+1/t40-/m1/s1. The molecule has 0 aliphatic rings. The molecule has 0 saturated carbocycles. The molecule has 0 heterocycles. The van der Waals surface area contributed by atoms with E-state index < -0.39 is 26.5 Å². The summed E-state index contributed by atoms with van der Waals surface area (Å²) in [5, 5.41) is 0. The number of nitrogens with zero attached hydrogens (tertiary/aromatic N) is 1. The smallest absolute Gasteiger partial charge is 0.462 e. The molecule has 0 aromatic carbocycles. The van der Waals surface area contributed by atoms with Crippen molar-refractivity contribution in [2.45, 2.75) is 213 Å². The molecule has 0 rings (SSSR count). The van der Waals surface area contributed by atoms with Crippen LogP contribution in [-0.4, -0.2) is 74.9 Å². The lowest BCUT2D eigenvalue weighted by atomic mass is 10.0. The normalized spacial score (nSPS) is 13.6. The van der Waals surface area contributed by atoms with Gasteiger partial charge < -0.3 is 18.9 Å². The van der Waals surface area contributed by atoms with Crippen LogP contribution in [0.3, 0.4) is 0 Å². The van der Waals surface area contributed by atoms with Crippen LogP contribution in [0.4, 0.5) is 0 Å². The molecule has 0 radical (unpaired) electrons. The Balaban J connectivity index is 4.33. The predicted molar refractivity (Wildman–Crippen MR) is 215 cm³/mol. The first-order chi connectivity index (χ1) is 25.0. The highest BCUT2D eigenvalue weighted by molar-refractivity contribution is 7.47. The summed E-state index contributed by atoms with van der Waals surface area (Å²) < 4.78 is 34.3. The predicted octanol–water partition coefficient (Wildman–Crippen LogP) is 12.0. The van der Waals surface area contributed by atoms with Gasteiger partial charge in [0.1, 0.15) is 19.8 Å². The van der Waals surface area contributed by atoms with Crippen LogP contribution in [-0.2, 0) is 32.7 Å². The first-order valence-electron chi connectivity index (χ1n) is 21.8. The van der Waals surface area contributed by atoms with E-state index in [1.54, 1.807) is 0 Å². The van der Waals surface area contributed by atoms with Crippen LogP contribution >= 0.6 is 7.82 Å². The highest BCUT2D eigenvalue weighted by atomic mass is 31.2. The molecule has 0 saturated heterocycles. The van der Waals surface area contributed by atoms with Gasteiger partial charge in [-0.15, -0.1) is 0 Å². The Morgan fingerprint density at radius 1 is 0.519 bits per heavy atom. The maximum Gasteiger partial charge on any atom is 0.472 e. The van der Waals surface area contributed by atoms with E-state index in [-0.39, 0.29) is 25.6 Å². The van der Waals surface area contributed by atoms with Crippen molar-refractivity contribution in [2.24, 2.45) is 0 Å². The number of hydrogen-bond donors (Lipinski definition) is 1. The molecule has 1 N–H and O–H groups in total. The Labute approximate surface area is 321 Å². The van der Waals surface area contributed by atoms with Crippen LogP contribution < -0.4 is 0 Å². The van der Waals surface area contributed by atoms with E-state index in [2.05, 4.69) is 13.8 Å². The number of rotatable bonds is 40. The third kappa shape index (κ3) is 38.7. The maximum atomic E-state index is 12.7. The summed E-state index contributed by atoms with van der Waals surface area (Å²) in [6.07, 6.45) is 34.2. The van der Waals surface area contributed by atoms with E-state index in [9.17, 15) is 19.0 Å². The molecular weight excluding hydrogens is 677 g/mol. The summed E-state index contributed by atoms with van der Waals surface area (Å²) in [5.74, 6) is -0.785. The lowest BCUT2D eigenvalue weighted by Gasteiger charge is -2.24. The fraction of sp³-hybridized carbons (Fsp3) is 0.952. The van der Waals surface area contributed by atoms with Crippen molar-refractivity contribution in [3.63, 3.8) is 0 Å². The van der Waals surface area contributed by atoms with E-state index in [0.717, 1.165) is 38.5 Å². The molecule has 0 amide bonds. The Morgan fingerprint density at radius 2 is 0.865 bits per heavy atom. The van der Waals surface area contributed by atoms with Crippen LogP contribution in [0.2, 0.25) is 0 Å². The van der Waals surface area contributed by atoms with Crippen LogP contribution in [0.5, 0.6) is 0 Å². The van der Waals surface area contributed by atoms with Gasteiger partial charge in [-0.05, 0) is 12.8 Å². The highest BCUT2D eigenvalue weighted by Gasteiger charge is 2.27. The van der Waals surface area contributed by atoms with Crippen molar-refractivity contribution >= 4 is 19.8 Å². The minimum atomic E-state index is -4.36. The van der Waals surface area contributed by atoms with Crippen LogP contribution in [0.25, 0.3) is 0 Å². The van der Waals surface area contributed by atoms with Gasteiger partial charge >= 0.3 is 19.8 Å². The second-order valence-corrected chi connectivity index (χ2v) is 17.6. The lowest BCUT2D eigenvalue weighted by molar-refractivity contribution is -0.870. The molecule has 0 spiro atoms. The van der Waals surface area contributed by atoms with Crippen molar-refractivity contribution < 1.29 is 42.1 Å². The summed E-state index contributed by atoms with van der Waals surface area (Å²) in [6.45, 7) is 4.45. The number of carbonyl (C=O) groups excluding carboxylic acids is 2. The summed E-state index contributed by atoms with van der Waals surface area (Å²) in [6, 6.07) is 0. The minimum Gasteiger partial charge on any atom is -0.462 e. The van der Waals surface area contributed by atoms with E-state index in [4.69, 9.17) is 18.5 Å². The van der Waals surface area contributed by atoms with Gasteiger partial charge in [-0.25, -0.2) is 4.57 Å². The van der Waals surface area contributed by atoms with Crippen molar-refractivity contribution in [1.29, 1.82) is 0 Å². The number of likely N-dealkylation sites (N-methyl/N-ethyl adjacent to an activating group) is 1. The Bertz CT molecular complexity index is 865. The van der Waals surface area contributed by atoms with Crippen LogP contribution in [0.1, 0.15) is 206 Å². The number of unbranched alkanes of at least 4 members (excludes halogenated alkanes) is 26. The van der Waals surface area contributed by atoms with Gasteiger partial charge in [0.25, 0.3) is 0 Å². The van der Waals surface area contributed by atoms with Crippen molar-refractivity contribution in [3.05, 3.63) is 0 Å². The van der Waals surface area contributed by atoms with Gasteiger partial charge in [0.15, 0.2) is 6.10 Å². The average Bonchev–Trinajstić information content (AvgIpc) is 3.09. The molecule has 1 unspecified atom stereocenters. The SMILES string of the molecule is CCCCCCCCCCCCCCCCC(=O)OC[C@H](COP(=O)(O)OCC[N+](C)(C)C)OC(=O)CCCCCCCCCCCCCCCC. The molecule has 0 aromatic rings. The van der Waals surface area contributed by atoms with Crippen LogP contribution in [0.15, 0.2) is 0 Å². The van der Waals surface area contributed by atoms with E-state index in [1.807, 2.05) is 21.1 Å².